The Bertz CT molecular complexity index is 851. The van der Waals surface area contributed by atoms with Gasteiger partial charge in [0.05, 0.1) is 11.1 Å². The van der Waals surface area contributed by atoms with Crippen molar-refractivity contribution in [1.29, 1.82) is 10.5 Å². The van der Waals surface area contributed by atoms with Crippen LogP contribution >= 0.6 is 34.0 Å². The lowest BCUT2D eigenvalue weighted by molar-refractivity contribution is 1.54. The molecule has 0 aliphatic carbocycles. The van der Waals surface area contributed by atoms with Crippen LogP contribution in [0.2, 0.25) is 0 Å². The molecule has 0 aromatic carbocycles. The van der Waals surface area contributed by atoms with E-state index >= 15 is 0 Å². The van der Waals surface area contributed by atoms with E-state index < -0.39 is 0 Å². The summed E-state index contributed by atoms with van der Waals surface area (Å²) in [4.78, 5) is 3.94. The highest BCUT2D eigenvalue weighted by molar-refractivity contribution is 7.14. The zero-order chi connectivity index (χ0) is 16.1. The lowest BCUT2D eigenvalue weighted by Gasteiger charge is -1.93. The topological polar surface area (TPSA) is 47.6 Å². The van der Waals surface area contributed by atoms with Gasteiger partial charge in [-0.05, 0) is 47.2 Å². The van der Waals surface area contributed by atoms with Crippen molar-refractivity contribution < 1.29 is 0 Å². The Balaban J connectivity index is 1.89. The summed E-state index contributed by atoms with van der Waals surface area (Å²) < 4.78 is 0. The van der Waals surface area contributed by atoms with Crippen molar-refractivity contribution in [1.82, 2.24) is 0 Å². The predicted octanol–water partition coefficient (Wildman–Crippen LogP) is 6.00. The van der Waals surface area contributed by atoms with Gasteiger partial charge in [-0.3, -0.25) is 0 Å². The van der Waals surface area contributed by atoms with E-state index in [1.807, 2.05) is 59.3 Å². The molecule has 23 heavy (non-hydrogen) atoms. The summed E-state index contributed by atoms with van der Waals surface area (Å²) in [6.45, 7) is 0. The number of nitriles is 2. The summed E-state index contributed by atoms with van der Waals surface area (Å²) in [6, 6.07) is 16.2. The molecule has 3 rings (SSSR count). The van der Waals surface area contributed by atoms with Crippen LogP contribution in [0.15, 0.2) is 47.2 Å². The first kappa shape index (κ1) is 15.5. The zero-order valence-electron chi connectivity index (χ0n) is 11.9. The second kappa shape index (κ2) is 7.21. The van der Waals surface area contributed by atoms with Crippen molar-refractivity contribution in [3.8, 4) is 12.1 Å². The molecule has 110 valence electrons. The molecule has 0 unspecified atom stereocenters. The molecule has 5 heteroatoms. The maximum atomic E-state index is 9.31. The molecular formula is C18H10N2S3. The van der Waals surface area contributed by atoms with Crippen LogP contribution in [-0.4, -0.2) is 0 Å². The van der Waals surface area contributed by atoms with Gasteiger partial charge >= 0.3 is 0 Å². The number of rotatable bonds is 4. The fraction of sp³-hybridized carbons (Fsp3) is 0. The van der Waals surface area contributed by atoms with E-state index in [9.17, 15) is 10.5 Å². The summed E-state index contributed by atoms with van der Waals surface area (Å²) in [5, 5.41) is 22.6. The van der Waals surface area contributed by atoms with Crippen molar-refractivity contribution in [2.24, 2.45) is 0 Å². The van der Waals surface area contributed by atoms with Gasteiger partial charge in [-0.25, -0.2) is 0 Å². The minimum atomic E-state index is 0.663. The van der Waals surface area contributed by atoms with Crippen LogP contribution in [0.4, 0.5) is 0 Å². The molecule has 0 aliphatic heterocycles. The fourth-order valence-corrected chi connectivity index (χ4v) is 4.27. The highest BCUT2D eigenvalue weighted by atomic mass is 32.1. The first-order valence-electron chi connectivity index (χ1n) is 6.71. The largest absolute Gasteiger partial charge is 0.192 e. The van der Waals surface area contributed by atoms with Gasteiger partial charge in [-0.15, -0.1) is 34.0 Å². The summed E-state index contributed by atoms with van der Waals surface area (Å²) in [5.41, 5.74) is 1.33. The number of hydrogen-bond donors (Lipinski definition) is 0. The molecule has 0 amide bonds. The smallest absolute Gasteiger partial charge is 0.101 e. The van der Waals surface area contributed by atoms with Crippen molar-refractivity contribution >= 4 is 57.3 Å². The molecule has 0 fully saturated rings. The third-order valence-electron chi connectivity index (χ3n) is 3.03. The SMILES string of the molecule is N#C/C(=C\c1ccc(/C=C(\C#N)c2cccs2)s1)c1cccs1. The molecule has 3 heterocycles. The third kappa shape index (κ3) is 3.67. The molecule has 3 aromatic heterocycles. The normalized spacial score (nSPS) is 11.9. The van der Waals surface area contributed by atoms with Crippen LogP contribution in [0.3, 0.4) is 0 Å². The Hall–Kier alpha value is -2.44. The van der Waals surface area contributed by atoms with E-state index in [2.05, 4.69) is 12.1 Å². The Kier molecular flexibility index (Phi) is 4.85. The quantitative estimate of drug-likeness (QED) is 0.542. The molecule has 0 atom stereocenters. The van der Waals surface area contributed by atoms with E-state index in [1.165, 1.54) is 0 Å². The van der Waals surface area contributed by atoms with Crippen LogP contribution in [-0.2, 0) is 0 Å². The van der Waals surface area contributed by atoms with Crippen LogP contribution in [0, 0.1) is 22.7 Å². The van der Waals surface area contributed by atoms with Gasteiger partial charge in [-0.2, -0.15) is 10.5 Å². The summed E-state index contributed by atoms with van der Waals surface area (Å²) >= 11 is 4.68. The van der Waals surface area contributed by atoms with E-state index in [4.69, 9.17) is 0 Å². The molecule has 3 aromatic rings. The van der Waals surface area contributed by atoms with Crippen molar-refractivity contribution in [3.05, 3.63) is 66.7 Å². The number of thiophene rings is 3. The number of nitrogens with zero attached hydrogens (tertiary/aromatic N) is 2. The van der Waals surface area contributed by atoms with Gasteiger partial charge < -0.3 is 0 Å². The maximum Gasteiger partial charge on any atom is 0.101 e. The van der Waals surface area contributed by atoms with Gasteiger partial charge in [0, 0.05) is 19.5 Å². The average molecular weight is 350 g/mol. The fourth-order valence-electron chi connectivity index (χ4n) is 1.99. The first-order chi connectivity index (χ1) is 11.3. The van der Waals surface area contributed by atoms with Crippen molar-refractivity contribution in [2.45, 2.75) is 0 Å². The van der Waals surface area contributed by atoms with E-state index in [-0.39, 0.29) is 0 Å². The Morgan fingerprint density at radius 3 is 1.61 bits per heavy atom. The van der Waals surface area contributed by atoms with Gasteiger partial charge in [0.1, 0.15) is 12.1 Å². The lowest BCUT2D eigenvalue weighted by Crippen LogP contribution is -1.73. The lowest BCUT2D eigenvalue weighted by atomic mass is 10.2. The second-order valence-electron chi connectivity index (χ2n) is 4.53. The standard InChI is InChI=1S/C18H10N2S3/c19-11-13(17-3-1-7-21-17)9-15-5-6-16(23-15)10-14(12-20)18-4-2-8-22-18/h1-10H/b13-9+,14-10+. The van der Waals surface area contributed by atoms with Crippen molar-refractivity contribution in [3.63, 3.8) is 0 Å². The molecule has 0 N–H and O–H groups in total. The summed E-state index contributed by atoms with van der Waals surface area (Å²) in [7, 11) is 0. The minimum Gasteiger partial charge on any atom is -0.192 e. The maximum absolute atomic E-state index is 9.31. The first-order valence-corrected chi connectivity index (χ1v) is 9.29. The minimum absolute atomic E-state index is 0.663. The summed E-state index contributed by atoms with van der Waals surface area (Å²) in [5.74, 6) is 0. The number of allylic oxidation sites excluding steroid dienone is 2. The van der Waals surface area contributed by atoms with Crippen LogP contribution < -0.4 is 0 Å². The predicted molar refractivity (Wildman–Crippen MR) is 99.9 cm³/mol. The highest BCUT2D eigenvalue weighted by Gasteiger charge is 2.05. The van der Waals surface area contributed by atoms with Crippen LogP contribution in [0.1, 0.15) is 19.5 Å². The Morgan fingerprint density at radius 1 is 0.783 bits per heavy atom. The van der Waals surface area contributed by atoms with Gasteiger partial charge in [0.15, 0.2) is 0 Å². The van der Waals surface area contributed by atoms with Crippen molar-refractivity contribution in [2.75, 3.05) is 0 Å². The Labute approximate surface area is 146 Å². The molecule has 2 nitrogen and oxygen atoms in total. The Morgan fingerprint density at radius 2 is 1.26 bits per heavy atom. The summed E-state index contributed by atoms with van der Waals surface area (Å²) in [6.07, 6.45) is 3.79. The van der Waals surface area contributed by atoms with E-state index in [0.29, 0.717) is 11.1 Å². The third-order valence-corrected chi connectivity index (χ3v) is 5.82. The molecule has 0 spiro atoms. The second-order valence-corrected chi connectivity index (χ2v) is 7.58. The molecule has 0 saturated heterocycles. The number of hydrogen-bond acceptors (Lipinski definition) is 5. The van der Waals surface area contributed by atoms with Crippen LogP contribution in [0.25, 0.3) is 23.3 Å². The zero-order valence-corrected chi connectivity index (χ0v) is 14.3. The molecule has 0 aliphatic rings. The molecule has 0 radical (unpaired) electrons. The van der Waals surface area contributed by atoms with E-state index in [1.54, 1.807) is 34.0 Å². The molecule has 0 bridgehead atoms. The van der Waals surface area contributed by atoms with E-state index in [0.717, 1.165) is 19.5 Å². The highest BCUT2D eigenvalue weighted by Crippen LogP contribution is 2.29. The monoisotopic (exact) mass is 350 g/mol. The van der Waals surface area contributed by atoms with Crippen LogP contribution in [0.5, 0.6) is 0 Å². The molecular weight excluding hydrogens is 340 g/mol. The average Bonchev–Trinajstić information content (AvgIpc) is 3.32. The van der Waals surface area contributed by atoms with Gasteiger partial charge in [0.25, 0.3) is 0 Å². The van der Waals surface area contributed by atoms with Gasteiger partial charge in [-0.1, -0.05) is 12.1 Å². The molecule has 0 saturated carbocycles. The van der Waals surface area contributed by atoms with Gasteiger partial charge in [0.2, 0.25) is 0 Å².